The van der Waals surface area contributed by atoms with Gasteiger partial charge in [0.1, 0.15) is 5.75 Å². The van der Waals surface area contributed by atoms with Crippen molar-refractivity contribution in [3.05, 3.63) is 23.8 Å². The first-order valence-corrected chi connectivity index (χ1v) is 5.62. The van der Waals surface area contributed by atoms with E-state index in [1.807, 2.05) is 12.1 Å². The van der Waals surface area contributed by atoms with Crippen LogP contribution in [0.3, 0.4) is 0 Å². The number of fused-ring (bicyclic) bond motifs is 2. The van der Waals surface area contributed by atoms with E-state index in [0.29, 0.717) is 11.8 Å². The summed E-state index contributed by atoms with van der Waals surface area (Å²) in [7, 11) is 0. The van der Waals surface area contributed by atoms with Gasteiger partial charge < -0.3 is 15.7 Å². The highest BCUT2D eigenvalue weighted by Crippen LogP contribution is 2.33. The van der Waals surface area contributed by atoms with Crippen LogP contribution in [0.1, 0.15) is 12.0 Å². The van der Waals surface area contributed by atoms with Gasteiger partial charge in [-0.2, -0.15) is 0 Å². The zero-order chi connectivity index (χ0) is 10.3. The summed E-state index contributed by atoms with van der Waals surface area (Å²) in [5.74, 6) is 1.10. The summed E-state index contributed by atoms with van der Waals surface area (Å²) >= 11 is 0. The third kappa shape index (κ3) is 1.57. The molecule has 15 heavy (non-hydrogen) atoms. The first-order chi connectivity index (χ1) is 7.33. The largest absolute Gasteiger partial charge is 0.508 e. The molecular weight excluding hydrogens is 188 g/mol. The van der Waals surface area contributed by atoms with Crippen LogP contribution in [-0.2, 0) is 6.42 Å². The molecule has 0 radical (unpaired) electrons. The fourth-order valence-corrected chi connectivity index (χ4v) is 2.70. The Bertz CT molecular complexity index is 378. The number of hydrogen-bond acceptors (Lipinski definition) is 3. The van der Waals surface area contributed by atoms with Crippen LogP contribution >= 0.6 is 0 Å². The Morgan fingerprint density at radius 3 is 3.20 bits per heavy atom. The highest BCUT2D eigenvalue weighted by Gasteiger charge is 2.29. The molecule has 2 unspecified atom stereocenters. The van der Waals surface area contributed by atoms with Crippen molar-refractivity contribution in [3.63, 3.8) is 0 Å². The van der Waals surface area contributed by atoms with Crippen LogP contribution in [0.4, 0.5) is 5.69 Å². The monoisotopic (exact) mass is 204 g/mol. The van der Waals surface area contributed by atoms with Gasteiger partial charge >= 0.3 is 0 Å². The van der Waals surface area contributed by atoms with Gasteiger partial charge in [-0.3, -0.25) is 0 Å². The van der Waals surface area contributed by atoms with Gasteiger partial charge in [-0.1, -0.05) is 0 Å². The second kappa shape index (κ2) is 3.42. The van der Waals surface area contributed by atoms with Gasteiger partial charge in [0.05, 0.1) is 0 Å². The van der Waals surface area contributed by atoms with E-state index in [-0.39, 0.29) is 0 Å². The number of benzene rings is 1. The predicted molar refractivity (Wildman–Crippen MR) is 60.2 cm³/mol. The Balaban J connectivity index is 1.92. The molecule has 0 spiro atoms. The van der Waals surface area contributed by atoms with Crippen molar-refractivity contribution in [1.82, 2.24) is 5.32 Å². The van der Waals surface area contributed by atoms with E-state index in [9.17, 15) is 5.11 Å². The van der Waals surface area contributed by atoms with Gasteiger partial charge in [0.15, 0.2) is 0 Å². The molecule has 0 aliphatic carbocycles. The fraction of sp³-hybridized carbons (Fsp3) is 0.500. The average molecular weight is 204 g/mol. The summed E-state index contributed by atoms with van der Waals surface area (Å²) in [6, 6.07) is 6.19. The van der Waals surface area contributed by atoms with Gasteiger partial charge in [-0.25, -0.2) is 0 Å². The Labute approximate surface area is 89.5 Å². The molecule has 3 rings (SSSR count). The lowest BCUT2D eigenvalue weighted by molar-refractivity contribution is 0.330. The molecule has 1 aromatic carbocycles. The number of hydrogen-bond donors (Lipinski definition) is 3. The van der Waals surface area contributed by atoms with Crippen molar-refractivity contribution >= 4 is 5.69 Å². The predicted octanol–water partition coefficient (Wildman–Crippen LogP) is 1.34. The van der Waals surface area contributed by atoms with Crippen LogP contribution in [0.5, 0.6) is 5.75 Å². The van der Waals surface area contributed by atoms with Crippen molar-refractivity contribution in [2.24, 2.45) is 5.92 Å². The number of phenolic OH excluding ortho intramolecular Hbond substituents is 1. The van der Waals surface area contributed by atoms with Crippen molar-refractivity contribution in [1.29, 1.82) is 0 Å². The third-order valence-corrected chi connectivity index (χ3v) is 3.54. The Hall–Kier alpha value is -1.22. The van der Waals surface area contributed by atoms with Gasteiger partial charge in [0.25, 0.3) is 0 Å². The molecule has 80 valence electrons. The summed E-state index contributed by atoms with van der Waals surface area (Å²) < 4.78 is 0. The minimum atomic E-state index is 0.378. The van der Waals surface area contributed by atoms with E-state index in [1.165, 1.54) is 17.7 Å². The molecule has 1 saturated heterocycles. The Morgan fingerprint density at radius 2 is 2.27 bits per heavy atom. The second-order valence-corrected chi connectivity index (χ2v) is 4.55. The molecule has 0 aromatic heterocycles. The highest BCUT2D eigenvalue weighted by molar-refractivity contribution is 5.57. The fourth-order valence-electron chi connectivity index (χ4n) is 2.70. The zero-order valence-electron chi connectivity index (χ0n) is 8.66. The third-order valence-electron chi connectivity index (χ3n) is 3.54. The van der Waals surface area contributed by atoms with Gasteiger partial charge in [-0.05, 0) is 49.1 Å². The number of nitrogens with one attached hydrogen (secondary N) is 2. The molecule has 2 aliphatic rings. The Kier molecular flexibility index (Phi) is 2.06. The van der Waals surface area contributed by atoms with Gasteiger partial charge in [0, 0.05) is 18.3 Å². The number of rotatable bonds is 0. The molecule has 3 N–H and O–H groups in total. The van der Waals surface area contributed by atoms with Crippen molar-refractivity contribution in [2.45, 2.75) is 18.9 Å². The lowest BCUT2D eigenvalue weighted by Crippen LogP contribution is -2.48. The van der Waals surface area contributed by atoms with E-state index >= 15 is 0 Å². The molecule has 2 aliphatic heterocycles. The molecule has 0 saturated carbocycles. The quantitative estimate of drug-likeness (QED) is 0.559. The molecule has 1 fully saturated rings. The van der Waals surface area contributed by atoms with Crippen LogP contribution in [-0.4, -0.2) is 24.2 Å². The zero-order valence-corrected chi connectivity index (χ0v) is 8.66. The number of piperidine rings is 1. The molecule has 3 nitrogen and oxygen atoms in total. The minimum absolute atomic E-state index is 0.378. The summed E-state index contributed by atoms with van der Waals surface area (Å²) in [6.07, 6.45) is 2.33. The normalized spacial score (nSPS) is 28.8. The van der Waals surface area contributed by atoms with E-state index in [2.05, 4.69) is 10.6 Å². The summed E-state index contributed by atoms with van der Waals surface area (Å²) in [5, 5.41) is 16.4. The van der Waals surface area contributed by atoms with Crippen LogP contribution in [0.2, 0.25) is 0 Å². The molecule has 1 aromatic rings. The molecular formula is C12H16N2O. The van der Waals surface area contributed by atoms with Crippen molar-refractivity contribution in [3.8, 4) is 5.75 Å². The SMILES string of the molecule is Oc1ccc2c(c1)CC1CCNCC1N2. The second-order valence-electron chi connectivity index (χ2n) is 4.55. The minimum Gasteiger partial charge on any atom is -0.508 e. The number of phenols is 1. The van der Waals surface area contributed by atoms with Crippen LogP contribution in [0.25, 0.3) is 0 Å². The first-order valence-electron chi connectivity index (χ1n) is 5.62. The molecule has 3 heteroatoms. The maximum absolute atomic E-state index is 9.44. The average Bonchev–Trinajstić information content (AvgIpc) is 2.26. The smallest absolute Gasteiger partial charge is 0.116 e. The summed E-state index contributed by atoms with van der Waals surface area (Å²) in [5.41, 5.74) is 2.45. The van der Waals surface area contributed by atoms with Crippen molar-refractivity contribution in [2.75, 3.05) is 18.4 Å². The van der Waals surface area contributed by atoms with Crippen molar-refractivity contribution < 1.29 is 5.11 Å². The molecule has 2 heterocycles. The maximum atomic E-state index is 9.44. The number of anilines is 1. The molecule has 0 bridgehead atoms. The highest BCUT2D eigenvalue weighted by atomic mass is 16.3. The molecule has 2 atom stereocenters. The van der Waals surface area contributed by atoms with Gasteiger partial charge in [-0.15, -0.1) is 0 Å². The number of aromatic hydroxyl groups is 1. The standard InChI is InChI=1S/C12H16N2O/c15-10-1-2-11-9(6-10)5-8-3-4-13-7-12(8)14-11/h1-2,6,8,12-15H,3-5,7H2. The topological polar surface area (TPSA) is 44.3 Å². The lowest BCUT2D eigenvalue weighted by atomic mass is 9.83. The maximum Gasteiger partial charge on any atom is 0.116 e. The lowest BCUT2D eigenvalue weighted by Gasteiger charge is -2.38. The van der Waals surface area contributed by atoms with Crippen LogP contribution in [0.15, 0.2) is 18.2 Å². The van der Waals surface area contributed by atoms with E-state index < -0.39 is 0 Å². The Morgan fingerprint density at radius 1 is 1.33 bits per heavy atom. The summed E-state index contributed by atoms with van der Waals surface area (Å²) in [6.45, 7) is 2.18. The first kappa shape index (κ1) is 9.04. The van der Waals surface area contributed by atoms with Crippen LogP contribution in [0, 0.1) is 5.92 Å². The van der Waals surface area contributed by atoms with Crippen LogP contribution < -0.4 is 10.6 Å². The molecule has 0 amide bonds. The van der Waals surface area contributed by atoms with E-state index in [1.54, 1.807) is 6.07 Å². The van der Waals surface area contributed by atoms with E-state index in [4.69, 9.17) is 0 Å². The van der Waals surface area contributed by atoms with Gasteiger partial charge in [0.2, 0.25) is 0 Å². The van der Waals surface area contributed by atoms with E-state index in [0.717, 1.165) is 25.4 Å². The summed E-state index contributed by atoms with van der Waals surface area (Å²) in [4.78, 5) is 0.